The molecule has 17 heavy (non-hydrogen) atoms. The fraction of sp³-hybridized carbons (Fsp3) is 1.00. The predicted molar refractivity (Wildman–Crippen MR) is 66.4 cm³/mol. The Morgan fingerprint density at radius 1 is 1.24 bits per heavy atom. The molecule has 0 aliphatic rings. The van der Waals surface area contributed by atoms with Gasteiger partial charge in [0.25, 0.3) is 0 Å². The second kappa shape index (κ2) is 10.0. The molecular weight excluding hydrogens is 251 g/mol. The summed E-state index contributed by atoms with van der Waals surface area (Å²) in [6.07, 6.45) is -3.17. The van der Waals surface area contributed by atoms with E-state index < -0.39 is 12.6 Å². The highest BCUT2D eigenvalue weighted by molar-refractivity contribution is 7.99. The van der Waals surface area contributed by atoms with E-state index in [1.807, 2.05) is 6.92 Å². The molecule has 0 amide bonds. The lowest BCUT2D eigenvalue weighted by atomic mass is 10.1. The first-order chi connectivity index (χ1) is 7.95. The molecule has 2 nitrogen and oxygen atoms in total. The summed E-state index contributed by atoms with van der Waals surface area (Å²) in [5.41, 5.74) is 0. The third-order valence-corrected chi connectivity index (χ3v) is 3.35. The van der Waals surface area contributed by atoms with Crippen molar-refractivity contribution in [2.75, 3.05) is 24.7 Å². The van der Waals surface area contributed by atoms with Crippen LogP contribution < -0.4 is 5.32 Å². The molecule has 0 fully saturated rings. The van der Waals surface area contributed by atoms with Gasteiger partial charge in [-0.15, -0.1) is 0 Å². The number of rotatable bonds is 10. The van der Waals surface area contributed by atoms with Gasteiger partial charge in [0.2, 0.25) is 0 Å². The van der Waals surface area contributed by atoms with E-state index in [4.69, 9.17) is 5.11 Å². The minimum Gasteiger partial charge on any atom is -0.396 e. The van der Waals surface area contributed by atoms with Crippen LogP contribution in [0.5, 0.6) is 0 Å². The number of aliphatic hydroxyl groups is 1. The van der Waals surface area contributed by atoms with E-state index in [-0.39, 0.29) is 19.1 Å². The molecule has 6 heteroatoms. The molecule has 104 valence electrons. The van der Waals surface area contributed by atoms with Crippen molar-refractivity contribution >= 4 is 11.8 Å². The minimum absolute atomic E-state index is 0.135. The van der Waals surface area contributed by atoms with Crippen LogP contribution in [-0.4, -0.2) is 42.0 Å². The molecule has 0 spiro atoms. The molecule has 2 N–H and O–H groups in total. The Balaban J connectivity index is 3.26. The molecule has 0 bridgehead atoms. The summed E-state index contributed by atoms with van der Waals surface area (Å²) in [5.74, 6) is 1.87. The van der Waals surface area contributed by atoms with Gasteiger partial charge in [0.15, 0.2) is 0 Å². The predicted octanol–water partition coefficient (Wildman–Crippen LogP) is 2.81. The van der Waals surface area contributed by atoms with Crippen LogP contribution in [0.4, 0.5) is 13.2 Å². The molecule has 0 aromatic rings. The Morgan fingerprint density at radius 2 is 1.94 bits per heavy atom. The Bertz CT molecular complexity index is 179. The van der Waals surface area contributed by atoms with E-state index >= 15 is 0 Å². The lowest BCUT2D eigenvalue weighted by Crippen LogP contribution is -2.28. The van der Waals surface area contributed by atoms with Gasteiger partial charge in [-0.25, -0.2) is 0 Å². The van der Waals surface area contributed by atoms with Gasteiger partial charge in [0.05, 0.1) is 0 Å². The van der Waals surface area contributed by atoms with E-state index in [2.05, 4.69) is 5.32 Å². The number of halogens is 3. The van der Waals surface area contributed by atoms with Crippen molar-refractivity contribution in [3.05, 3.63) is 0 Å². The third kappa shape index (κ3) is 14.0. The average Bonchev–Trinajstić information content (AvgIpc) is 2.21. The highest BCUT2D eigenvalue weighted by Gasteiger charge is 2.26. The maximum absolute atomic E-state index is 11.9. The van der Waals surface area contributed by atoms with Crippen molar-refractivity contribution in [2.45, 2.75) is 44.8 Å². The fourth-order valence-corrected chi connectivity index (χ4v) is 2.16. The van der Waals surface area contributed by atoms with E-state index in [0.717, 1.165) is 24.5 Å². The summed E-state index contributed by atoms with van der Waals surface area (Å²) in [4.78, 5) is 0. The topological polar surface area (TPSA) is 32.3 Å². The maximum Gasteiger partial charge on any atom is 0.389 e. The molecule has 0 saturated heterocycles. The van der Waals surface area contributed by atoms with E-state index in [0.29, 0.717) is 6.42 Å². The van der Waals surface area contributed by atoms with Crippen LogP contribution in [0.2, 0.25) is 0 Å². The molecule has 1 unspecified atom stereocenters. The van der Waals surface area contributed by atoms with Gasteiger partial charge in [-0.3, -0.25) is 0 Å². The first-order valence-corrected chi connectivity index (χ1v) is 7.10. The average molecular weight is 273 g/mol. The second-order valence-electron chi connectivity index (χ2n) is 4.05. The van der Waals surface area contributed by atoms with Gasteiger partial charge >= 0.3 is 6.18 Å². The van der Waals surface area contributed by atoms with Gasteiger partial charge < -0.3 is 10.4 Å². The summed E-state index contributed by atoms with van der Waals surface area (Å²) in [5, 5.41) is 11.7. The number of thioether (sulfide) groups is 1. The molecule has 0 saturated carbocycles. The van der Waals surface area contributed by atoms with E-state index in [9.17, 15) is 13.2 Å². The van der Waals surface area contributed by atoms with E-state index in [1.165, 1.54) is 0 Å². The lowest BCUT2D eigenvalue weighted by Gasteiger charge is -2.14. The zero-order chi connectivity index (χ0) is 13.1. The van der Waals surface area contributed by atoms with E-state index in [1.54, 1.807) is 11.8 Å². The fourth-order valence-electron chi connectivity index (χ4n) is 1.36. The van der Waals surface area contributed by atoms with Crippen LogP contribution in [0.25, 0.3) is 0 Å². The highest BCUT2D eigenvalue weighted by atomic mass is 32.2. The summed E-state index contributed by atoms with van der Waals surface area (Å²) in [7, 11) is 0. The van der Waals surface area contributed by atoms with Crippen LogP contribution in [0.15, 0.2) is 0 Å². The number of hydrogen-bond donors (Lipinski definition) is 2. The normalized spacial score (nSPS) is 13.9. The van der Waals surface area contributed by atoms with Crippen LogP contribution in [-0.2, 0) is 0 Å². The maximum atomic E-state index is 11.9. The highest BCUT2D eigenvalue weighted by Crippen LogP contribution is 2.22. The molecule has 0 aliphatic heterocycles. The largest absolute Gasteiger partial charge is 0.396 e. The molecule has 0 aromatic heterocycles. The van der Waals surface area contributed by atoms with Crippen molar-refractivity contribution in [1.82, 2.24) is 5.32 Å². The zero-order valence-corrected chi connectivity index (χ0v) is 11.0. The molecule has 0 aliphatic carbocycles. The first-order valence-electron chi connectivity index (χ1n) is 5.94. The first kappa shape index (κ1) is 17.1. The Hall–Kier alpha value is 0.0600. The van der Waals surface area contributed by atoms with Gasteiger partial charge in [-0.1, -0.05) is 0 Å². The molecule has 0 rings (SSSR count). The Labute approximate surface area is 105 Å². The van der Waals surface area contributed by atoms with Crippen molar-refractivity contribution in [3.63, 3.8) is 0 Å². The second-order valence-corrected chi connectivity index (χ2v) is 5.28. The van der Waals surface area contributed by atoms with Crippen molar-refractivity contribution in [2.24, 2.45) is 0 Å². The summed E-state index contributed by atoms with van der Waals surface area (Å²) in [6.45, 7) is 2.94. The number of aliphatic hydroxyl groups excluding tert-OH is 1. The minimum atomic E-state index is -4.03. The quantitative estimate of drug-likeness (QED) is 0.600. The molecular formula is C11H22F3NOS. The standard InChI is InChI=1S/C11H22F3NOS/c1-10(4-2-5-11(12,13)14)15-6-9-17-8-3-7-16/h10,15-16H,2-9H2,1H3. The van der Waals surface area contributed by atoms with Gasteiger partial charge in [-0.2, -0.15) is 24.9 Å². The monoisotopic (exact) mass is 273 g/mol. The summed E-state index contributed by atoms with van der Waals surface area (Å²) in [6, 6.07) is 0.135. The summed E-state index contributed by atoms with van der Waals surface area (Å²) < 4.78 is 35.7. The molecule has 0 aromatic carbocycles. The van der Waals surface area contributed by atoms with Crippen molar-refractivity contribution in [1.29, 1.82) is 0 Å². The Morgan fingerprint density at radius 3 is 2.53 bits per heavy atom. The van der Waals surface area contributed by atoms with Crippen LogP contribution >= 0.6 is 11.8 Å². The number of hydrogen-bond acceptors (Lipinski definition) is 3. The SMILES string of the molecule is CC(CCCC(F)(F)F)NCCSCCCO. The van der Waals surface area contributed by atoms with Crippen LogP contribution in [0.3, 0.4) is 0 Å². The summed E-state index contributed by atoms with van der Waals surface area (Å²) >= 11 is 1.75. The third-order valence-electron chi connectivity index (χ3n) is 2.28. The molecule has 1 atom stereocenters. The number of nitrogens with one attached hydrogen (secondary N) is 1. The molecule has 0 heterocycles. The zero-order valence-electron chi connectivity index (χ0n) is 10.2. The van der Waals surface area contributed by atoms with Crippen molar-refractivity contribution < 1.29 is 18.3 Å². The smallest absolute Gasteiger partial charge is 0.389 e. The van der Waals surface area contributed by atoms with Crippen LogP contribution in [0, 0.1) is 0 Å². The molecule has 0 radical (unpaired) electrons. The van der Waals surface area contributed by atoms with Gasteiger partial charge in [0.1, 0.15) is 0 Å². The van der Waals surface area contributed by atoms with Gasteiger partial charge in [0, 0.05) is 31.4 Å². The van der Waals surface area contributed by atoms with Crippen molar-refractivity contribution in [3.8, 4) is 0 Å². The number of alkyl halides is 3. The Kier molecular flexibility index (Phi) is 10.1. The van der Waals surface area contributed by atoms with Gasteiger partial charge in [-0.05, 0) is 31.9 Å². The van der Waals surface area contributed by atoms with Crippen LogP contribution in [0.1, 0.15) is 32.6 Å². The lowest BCUT2D eigenvalue weighted by molar-refractivity contribution is -0.135.